The number of anilines is 1. The fourth-order valence-electron chi connectivity index (χ4n) is 4.49. The summed E-state index contributed by atoms with van der Waals surface area (Å²) in [4.78, 5) is 32.7. The van der Waals surface area contributed by atoms with Crippen LogP contribution in [0.4, 0.5) is 5.95 Å². The second kappa shape index (κ2) is 9.09. The Labute approximate surface area is 200 Å². The lowest BCUT2D eigenvalue weighted by atomic mass is 10.0. The van der Waals surface area contributed by atoms with Crippen molar-refractivity contribution in [1.82, 2.24) is 38.9 Å². The molecule has 1 unspecified atom stereocenters. The molecule has 1 atom stereocenters. The Kier molecular flexibility index (Phi) is 5.98. The number of rotatable bonds is 6. The summed E-state index contributed by atoms with van der Waals surface area (Å²) < 4.78 is 6.25. The zero-order valence-corrected chi connectivity index (χ0v) is 20.3. The van der Waals surface area contributed by atoms with Crippen LogP contribution in [0, 0.1) is 5.92 Å². The molecule has 0 aliphatic carbocycles. The summed E-state index contributed by atoms with van der Waals surface area (Å²) in [5.74, 6) is 1.91. The quantitative estimate of drug-likeness (QED) is 0.381. The number of thioether (sulfide) groups is 1. The maximum Gasteiger partial charge on any atom is 0.332 e. The van der Waals surface area contributed by atoms with Gasteiger partial charge < -0.3 is 9.47 Å². The number of hydrogen-bond acceptors (Lipinski definition) is 8. The van der Waals surface area contributed by atoms with Gasteiger partial charge in [-0.05, 0) is 41.3 Å². The number of fused-ring (bicyclic) bond motifs is 1. The summed E-state index contributed by atoms with van der Waals surface area (Å²) in [6.07, 6.45) is 2.25. The molecule has 1 saturated heterocycles. The second-order valence-corrected chi connectivity index (χ2v) is 9.75. The minimum absolute atomic E-state index is 0.332. The normalized spacial score (nSPS) is 16.4. The van der Waals surface area contributed by atoms with Crippen molar-refractivity contribution in [2.24, 2.45) is 20.0 Å². The Balaban J connectivity index is 1.50. The van der Waals surface area contributed by atoms with E-state index in [4.69, 9.17) is 4.98 Å². The van der Waals surface area contributed by atoms with Crippen molar-refractivity contribution in [1.29, 1.82) is 0 Å². The van der Waals surface area contributed by atoms with Gasteiger partial charge in [0.15, 0.2) is 11.2 Å². The van der Waals surface area contributed by atoms with Crippen molar-refractivity contribution in [2.75, 3.05) is 23.7 Å². The summed E-state index contributed by atoms with van der Waals surface area (Å²) in [7, 11) is 3.17. The molecule has 0 bridgehead atoms. The summed E-state index contributed by atoms with van der Waals surface area (Å²) in [5.41, 5.74) is 1.04. The third kappa shape index (κ3) is 3.91. The highest BCUT2D eigenvalue weighted by atomic mass is 32.2. The van der Waals surface area contributed by atoms with Crippen molar-refractivity contribution in [3.8, 4) is 5.69 Å². The smallest absolute Gasteiger partial charge is 0.332 e. The van der Waals surface area contributed by atoms with E-state index in [0.717, 1.165) is 35.7 Å². The van der Waals surface area contributed by atoms with Crippen molar-refractivity contribution in [3.05, 3.63) is 51.2 Å². The molecule has 5 rings (SSSR count). The maximum atomic E-state index is 13.1. The third-order valence-electron chi connectivity index (χ3n) is 6.26. The van der Waals surface area contributed by atoms with Gasteiger partial charge in [0.25, 0.3) is 5.56 Å². The second-order valence-electron chi connectivity index (χ2n) is 8.69. The monoisotopic (exact) mass is 481 g/mol. The van der Waals surface area contributed by atoms with E-state index >= 15 is 0 Å². The molecule has 1 aromatic carbocycles. The Morgan fingerprint density at radius 2 is 1.91 bits per heavy atom. The molecule has 0 spiro atoms. The summed E-state index contributed by atoms with van der Waals surface area (Å²) in [6, 6.07) is 9.72. The molecule has 34 heavy (non-hydrogen) atoms. The number of benzene rings is 1. The highest BCUT2D eigenvalue weighted by Gasteiger charge is 2.25. The lowest BCUT2D eigenvalue weighted by Gasteiger charge is -2.32. The van der Waals surface area contributed by atoms with Gasteiger partial charge >= 0.3 is 5.69 Å². The number of hydrogen-bond donors (Lipinski definition) is 0. The first kappa shape index (κ1) is 22.4. The fraction of sp³-hybridized carbons (Fsp3) is 0.455. The Morgan fingerprint density at radius 3 is 2.68 bits per heavy atom. The van der Waals surface area contributed by atoms with Crippen LogP contribution in [0.5, 0.6) is 0 Å². The number of aryl methyl sites for hydroxylation is 2. The number of piperidine rings is 1. The van der Waals surface area contributed by atoms with Crippen molar-refractivity contribution in [2.45, 2.75) is 31.5 Å². The van der Waals surface area contributed by atoms with Gasteiger partial charge in [0, 0.05) is 39.5 Å². The molecule has 11 nitrogen and oxygen atoms in total. The highest BCUT2D eigenvalue weighted by molar-refractivity contribution is 7.99. The largest absolute Gasteiger partial charge is 0.342 e. The van der Waals surface area contributed by atoms with Crippen molar-refractivity contribution in [3.63, 3.8) is 0 Å². The van der Waals surface area contributed by atoms with Gasteiger partial charge in [-0.3, -0.25) is 13.9 Å². The molecule has 0 radical (unpaired) electrons. The van der Waals surface area contributed by atoms with Gasteiger partial charge in [0.1, 0.15) is 0 Å². The van der Waals surface area contributed by atoms with E-state index in [0.29, 0.717) is 34.5 Å². The predicted molar refractivity (Wildman–Crippen MR) is 131 cm³/mol. The first-order valence-corrected chi connectivity index (χ1v) is 12.3. The van der Waals surface area contributed by atoms with Crippen LogP contribution in [-0.4, -0.2) is 57.7 Å². The molecule has 12 heteroatoms. The zero-order chi connectivity index (χ0) is 23.8. The van der Waals surface area contributed by atoms with E-state index in [-0.39, 0.29) is 11.2 Å². The van der Waals surface area contributed by atoms with Crippen molar-refractivity contribution < 1.29 is 0 Å². The van der Waals surface area contributed by atoms with Gasteiger partial charge in [-0.2, -0.15) is 9.67 Å². The minimum Gasteiger partial charge on any atom is -0.342 e. The number of nitrogens with zero attached hydrogens (tertiary/aromatic N) is 9. The Morgan fingerprint density at radius 1 is 1.12 bits per heavy atom. The Hall–Kier alpha value is -3.41. The molecular formula is C22H27N9O2S. The molecule has 4 heterocycles. The molecule has 1 fully saturated rings. The molecule has 0 amide bonds. The summed E-state index contributed by atoms with van der Waals surface area (Å²) >= 11 is 1.51. The first-order chi connectivity index (χ1) is 16.5. The number of aromatic nitrogens is 8. The number of para-hydroxylation sites is 1. The van der Waals surface area contributed by atoms with Crippen LogP contribution in [0.3, 0.4) is 0 Å². The van der Waals surface area contributed by atoms with Crippen molar-refractivity contribution >= 4 is 28.9 Å². The highest BCUT2D eigenvalue weighted by Crippen LogP contribution is 2.26. The van der Waals surface area contributed by atoms with E-state index in [2.05, 4.69) is 27.3 Å². The average molecular weight is 482 g/mol. The van der Waals surface area contributed by atoms with Crippen LogP contribution in [0.25, 0.3) is 16.9 Å². The third-order valence-corrected chi connectivity index (χ3v) is 7.15. The molecule has 178 valence electrons. The predicted octanol–water partition coefficient (Wildman–Crippen LogP) is 1.44. The summed E-state index contributed by atoms with van der Waals surface area (Å²) in [6.45, 7) is 4.50. The van der Waals surface area contributed by atoms with E-state index < -0.39 is 0 Å². The minimum atomic E-state index is -0.378. The molecular weight excluding hydrogens is 454 g/mol. The van der Waals surface area contributed by atoms with Crippen LogP contribution < -0.4 is 16.1 Å². The van der Waals surface area contributed by atoms with Crippen LogP contribution in [0.15, 0.2) is 45.1 Å². The lowest BCUT2D eigenvalue weighted by molar-refractivity contribution is 0.438. The number of tetrazole rings is 1. The first-order valence-electron chi connectivity index (χ1n) is 11.3. The molecule has 0 N–H and O–H groups in total. The van der Waals surface area contributed by atoms with Gasteiger partial charge in [-0.1, -0.05) is 36.9 Å². The molecule has 1 aliphatic heterocycles. The van der Waals surface area contributed by atoms with Crippen LogP contribution >= 0.6 is 11.8 Å². The van der Waals surface area contributed by atoms with Gasteiger partial charge in [-0.25, -0.2) is 4.79 Å². The number of imidazole rings is 1. The fourth-order valence-corrected chi connectivity index (χ4v) is 5.30. The molecule has 3 aromatic heterocycles. The molecule has 4 aromatic rings. The Bertz CT molecular complexity index is 1440. The standard InChI is InChI=1S/C22H27N9O2S/c1-15-8-7-11-29(14-15)20-23-18-17(19(32)28(3)22(33)27(18)2)30(20)12-13-34-21-24-25-26-31(21)16-9-5-4-6-10-16/h4-6,9-10,15H,7-8,11-14H2,1-3H3. The molecule has 0 saturated carbocycles. The average Bonchev–Trinajstić information content (AvgIpc) is 3.47. The SMILES string of the molecule is CC1CCCN(c2nc3c(c(=O)n(C)c(=O)n3C)n2CCSc2nnnn2-c2ccccc2)C1. The lowest BCUT2D eigenvalue weighted by Crippen LogP contribution is -2.38. The van der Waals surface area contributed by atoms with Crippen LogP contribution in [0.2, 0.25) is 0 Å². The van der Waals surface area contributed by atoms with E-state index in [1.807, 2.05) is 34.9 Å². The molecule has 1 aliphatic rings. The van der Waals surface area contributed by atoms with Gasteiger partial charge in [0.2, 0.25) is 11.1 Å². The van der Waals surface area contributed by atoms with E-state index in [9.17, 15) is 9.59 Å². The van der Waals surface area contributed by atoms with E-state index in [1.165, 1.54) is 29.8 Å². The van der Waals surface area contributed by atoms with Gasteiger partial charge in [0.05, 0.1) is 5.69 Å². The van der Waals surface area contributed by atoms with Crippen LogP contribution in [0.1, 0.15) is 19.8 Å². The topological polar surface area (TPSA) is 109 Å². The summed E-state index contributed by atoms with van der Waals surface area (Å²) in [5, 5.41) is 12.8. The maximum absolute atomic E-state index is 13.1. The zero-order valence-electron chi connectivity index (χ0n) is 19.5. The van der Waals surface area contributed by atoms with Crippen LogP contribution in [-0.2, 0) is 20.6 Å². The van der Waals surface area contributed by atoms with E-state index in [1.54, 1.807) is 11.7 Å². The van der Waals surface area contributed by atoms with Gasteiger partial charge in [-0.15, -0.1) is 5.10 Å².